The summed E-state index contributed by atoms with van der Waals surface area (Å²) in [5.74, 6) is 0.736. The number of likely N-dealkylation sites (tertiary alicyclic amines) is 1. The normalized spacial score (nSPS) is 16.7. The SMILES string of the molecule is O=C(c1cscn1)N1CCC(Cc2nccs2)CC1. The van der Waals surface area contributed by atoms with E-state index in [0.29, 0.717) is 11.6 Å². The number of carbonyl (C=O) groups is 1. The monoisotopic (exact) mass is 293 g/mol. The number of hydrogen-bond acceptors (Lipinski definition) is 5. The summed E-state index contributed by atoms with van der Waals surface area (Å²) in [5, 5.41) is 5.06. The van der Waals surface area contributed by atoms with Crippen LogP contribution in [-0.2, 0) is 6.42 Å². The molecule has 2 aromatic heterocycles. The van der Waals surface area contributed by atoms with Gasteiger partial charge in [0.25, 0.3) is 5.91 Å². The minimum Gasteiger partial charge on any atom is -0.337 e. The van der Waals surface area contributed by atoms with Crippen molar-refractivity contribution in [1.29, 1.82) is 0 Å². The summed E-state index contributed by atoms with van der Waals surface area (Å²) in [6.45, 7) is 1.68. The van der Waals surface area contributed by atoms with Crippen LogP contribution in [0.4, 0.5) is 0 Å². The first-order chi connectivity index (χ1) is 9.33. The standard InChI is InChI=1S/C13H15N3OS2/c17-13(11-8-18-9-15-11)16-4-1-10(2-5-16)7-12-14-3-6-19-12/h3,6,8-10H,1-2,4-5,7H2. The summed E-state index contributed by atoms with van der Waals surface area (Å²) in [4.78, 5) is 22.5. The molecule has 1 fully saturated rings. The van der Waals surface area contributed by atoms with Gasteiger partial charge in [0.2, 0.25) is 0 Å². The lowest BCUT2D eigenvalue weighted by Gasteiger charge is -2.31. The predicted molar refractivity (Wildman–Crippen MR) is 76.6 cm³/mol. The van der Waals surface area contributed by atoms with Gasteiger partial charge < -0.3 is 4.90 Å². The van der Waals surface area contributed by atoms with Crippen molar-refractivity contribution in [2.75, 3.05) is 13.1 Å². The Balaban J connectivity index is 1.53. The van der Waals surface area contributed by atoms with Crippen LogP contribution in [0.2, 0.25) is 0 Å². The molecule has 0 saturated carbocycles. The quantitative estimate of drug-likeness (QED) is 0.874. The maximum Gasteiger partial charge on any atom is 0.273 e. The zero-order chi connectivity index (χ0) is 13.1. The van der Waals surface area contributed by atoms with Crippen LogP contribution < -0.4 is 0 Å². The molecular formula is C13H15N3OS2. The highest BCUT2D eigenvalue weighted by atomic mass is 32.1. The molecule has 100 valence electrons. The highest BCUT2D eigenvalue weighted by molar-refractivity contribution is 7.09. The van der Waals surface area contributed by atoms with Gasteiger partial charge in [0.05, 0.1) is 10.5 Å². The Bertz CT molecular complexity index is 516. The van der Waals surface area contributed by atoms with Gasteiger partial charge in [-0.1, -0.05) is 0 Å². The molecule has 6 heteroatoms. The first-order valence-electron chi connectivity index (χ1n) is 6.39. The molecule has 1 aliphatic heterocycles. The average Bonchev–Trinajstić information content (AvgIpc) is 3.12. The minimum atomic E-state index is 0.0777. The Morgan fingerprint density at radius 1 is 1.37 bits per heavy atom. The van der Waals surface area contributed by atoms with Crippen molar-refractivity contribution in [3.8, 4) is 0 Å². The van der Waals surface area contributed by atoms with Gasteiger partial charge >= 0.3 is 0 Å². The van der Waals surface area contributed by atoms with Crippen molar-refractivity contribution < 1.29 is 4.79 Å². The van der Waals surface area contributed by atoms with E-state index in [1.807, 2.05) is 21.9 Å². The average molecular weight is 293 g/mol. The fourth-order valence-electron chi connectivity index (χ4n) is 2.42. The van der Waals surface area contributed by atoms with Gasteiger partial charge in [-0.3, -0.25) is 4.79 Å². The first-order valence-corrected chi connectivity index (χ1v) is 8.21. The molecule has 0 bridgehead atoms. The van der Waals surface area contributed by atoms with Crippen LogP contribution in [0.5, 0.6) is 0 Å². The van der Waals surface area contributed by atoms with Gasteiger partial charge in [0.1, 0.15) is 5.69 Å². The molecule has 0 unspecified atom stereocenters. The van der Waals surface area contributed by atoms with Gasteiger partial charge in [-0.25, -0.2) is 9.97 Å². The van der Waals surface area contributed by atoms with Crippen LogP contribution in [0, 0.1) is 5.92 Å². The number of piperidine rings is 1. The van der Waals surface area contributed by atoms with E-state index in [-0.39, 0.29) is 5.91 Å². The van der Waals surface area contributed by atoms with Gasteiger partial charge in [0, 0.05) is 36.5 Å². The lowest BCUT2D eigenvalue weighted by molar-refractivity contribution is 0.0685. The lowest BCUT2D eigenvalue weighted by Crippen LogP contribution is -2.39. The molecule has 19 heavy (non-hydrogen) atoms. The number of carbonyl (C=O) groups excluding carboxylic acids is 1. The highest BCUT2D eigenvalue weighted by Gasteiger charge is 2.24. The molecule has 0 radical (unpaired) electrons. The van der Waals surface area contributed by atoms with E-state index in [4.69, 9.17) is 0 Å². The number of hydrogen-bond donors (Lipinski definition) is 0. The summed E-state index contributed by atoms with van der Waals surface area (Å²) >= 11 is 3.19. The third kappa shape index (κ3) is 3.01. The Kier molecular flexibility index (Phi) is 3.89. The highest BCUT2D eigenvalue weighted by Crippen LogP contribution is 2.23. The van der Waals surface area contributed by atoms with Crippen LogP contribution in [0.25, 0.3) is 0 Å². The molecule has 0 N–H and O–H groups in total. The molecule has 0 spiro atoms. The van der Waals surface area contributed by atoms with Crippen LogP contribution in [-0.4, -0.2) is 33.9 Å². The minimum absolute atomic E-state index is 0.0777. The van der Waals surface area contributed by atoms with Gasteiger partial charge in [-0.2, -0.15) is 0 Å². The van der Waals surface area contributed by atoms with E-state index in [2.05, 4.69) is 9.97 Å². The van der Waals surface area contributed by atoms with Crippen LogP contribution in [0.15, 0.2) is 22.5 Å². The summed E-state index contributed by atoms with van der Waals surface area (Å²) < 4.78 is 0. The summed E-state index contributed by atoms with van der Waals surface area (Å²) in [7, 11) is 0. The Morgan fingerprint density at radius 3 is 2.84 bits per heavy atom. The van der Waals surface area contributed by atoms with Gasteiger partial charge in [-0.05, 0) is 18.8 Å². The second-order valence-corrected chi connectivity index (χ2v) is 6.44. The van der Waals surface area contributed by atoms with E-state index in [1.165, 1.54) is 16.3 Å². The Labute approximate surface area is 120 Å². The maximum absolute atomic E-state index is 12.1. The zero-order valence-corrected chi connectivity index (χ0v) is 12.1. The molecule has 3 rings (SSSR count). The first kappa shape index (κ1) is 12.7. The van der Waals surface area contributed by atoms with Crippen LogP contribution in [0.1, 0.15) is 28.3 Å². The number of aromatic nitrogens is 2. The van der Waals surface area contributed by atoms with E-state index in [1.54, 1.807) is 16.8 Å². The molecule has 0 aliphatic carbocycles. The zero-order valence-electron chi connectivity index (χ0n) is 10.5. The number of rotatable bonds is 3. The predicted octanol–water partition coefficient (Wildman–Crippen LogP) is 2.69. The molecule has 3 heterocycles. The number of amides is 1. The summed E-state index contributed by atoms with van der Waals surface area (Å²) in [6.07, 6.45) is 5.04. The Morgan fingerprint density at radius 2 is 2.21 bits per heavy atom. The smallest absolute Gasteiger partial charge is 0.273 e. The molecule has 4 nitrogen and oxygen atoms in total. The largest absolute Gasteiger partial charge is 0.337 e. The van der Waals surface area contributed by atoms with E-state index < -0.39 is 0 Å². The van der Waals surface area contributed by atoms with Crippen LogP contribution in [0.3, 0.4) is 0 Å². The van der Waals surface area contributed by atoms with Crippen molar-refractivity contribution in [1.82, 2.24) is 14.9 Å². The third-order valence-electron chi connectivity index (χ3n) is 3.50. The van der Waals surface area contributed by atoms with Gasteiger partial charge in [-0.15, -0.1) is 22.7 Å². The fraction of sp³-hybridized carbons (Fsp3) is 0.462. The molecule has 1 saturated heterocycles. The summed E-state index contributed by atoms with van der Waals surface area (Å²) in [5.41, 5.74) is 2.30. The second-order valence-electron chi connectivity index (χ2n) is 4.74. The second kappa shape index (κ2) is 5.79. The maximum atomic E-state index is 12.1. The molecule has 1 amide bonds. The lowest BCUT2D eigenvalue weighted by atomic mass is 9.94. The molecule has 1 aliphatic rings. The van der Waals surface area contributed by atoms with Crippen molar-refractivity contribution in [3.05, 3.63) is 33.2 Å². The Hall–Kier alpha value is -1.27. The van der Waals surface area contributed by atoms with Crippen molar-refractivity contribution in [2.45, 2.75) is 19.3 Å². The molecular weight excluding hydrogens is 278 g/mol. The molecule has 0 atom stereocenters. The van der Waals surface area contributed by atoms with E-state index >= 15 is 0 Å². The number of nitrogens with zero attached hydrogens (tertiary/aromatic N) is 3. The van der Waals surface area contributed by atoms with Crippen molar-refractivity contribution >= 4 is 28.6 Å². The molecule has 2 aromatic rings. The van der Waals surface area contributed by atoms with Crippen LogP contribution >= 0.6 is 22.7 Å². The van der Waals surface area contributed by atoms with Gasteiger partial charge in [0.15, 0.2) is 0 Å². The number of thiazole rings is 2. The molecule has 0 aromatic carbocycles. The summed E-state index contributed by atoms with van der Waals surface area (Å²) in [6, 6.07) is 0. The van der Waals surface area contributed by atoms with E-state index in [9.17, 15) is 4.79 Å². The topological polar surface area (TPSA) is 46.1 Å². The fourth-order valence-corrected chi connectivity index (χ4v) is 3.68. The van der Waals surface area contributed by atoms with Crippen molar-refractivity contribution in [2.24, 2.45) is 5.92 Å². The van der Waals surface area contributed by atoms with E-state index in [0.717, 1.165) is 32.4 Å². The third-order valence-corrected chi connectivity index (χ3v) is 4.89. The van der Waals surface area contributed by atoms with Crippen molar-refractivity contribution in [3.63, 3.8) is 0 Å².